The van der Waals surface area contributed by atoms with Crippen molar-refractivity contribution in [3.05, 3.63) is 35.4 Å². The van der Waals surface area contributed by atoms with Gasteiger partial charge in [-0.15, -0.1) is 0 Å². The average molecular weight is 222 g/mol. The highest BCUT2D eigenvalue weighted by Gasteiger charge is 2.13. The molecular formula is C12H18N2O2. The van der Waals surface area contributed by atoms with Gasteiger partial charge in [-0.1, -0.05) is 12.1 Å². The lowest BCUT2D eigenvalue weighted by Gasteiger charge is -2.19. The topological polar surface area (TPSA) is 66.6 Å². The van der Waals surface area contributed by atoms with Crippen LogP contribution in [0.5, 0.6) is 0 Å². The van der Waals surface area contributed by atoms with Gasteiger partial charge in [0, 0.05) is 25.7 Å². The summed E-state index contributed by atoms with van der Waals surface area (Å²) in [5.41, 5.74) is 7.04. The minimum absolute atomic E-state index is 0.101. The molecule has 1 amide bonds. The summed E-state index contributed by atoms with van der Waals surface area (Å²) in [6, 6.07) is 7.22. The molecule has 0 aliphatic carbocycles. The van der Waals surface area contributed by atoms with E-state index in [1.54, 1.807) is 26.1 Å². The first kappa shape index (κ1) is 12.7. The molecule has 0 aliphatic heterocycles. The summed E-state index contributed by atoms with van der Waals surface area (Å²) < 4.78 is 0. The number of nitrogens with zero attached hydrogens (tertiary/aromatic N) is 1. The zero-order valence-corrected chi connectivity index (χ0v) is 9.68. The predicted molar refractivity (Wildman–Crippen MR) is 63.0 cm³/mol. The minimum Gasteiger partial charge on any atom is -0.392 e. The van der Waals surface area contributed by atoms with Crippen molar-refractivity contribution in [2.24, 2.45) is 5.73 Å². The lowest BCUT2D eigenvalue weighted by atomic mass is 10.1. The second-order valence-electron chi connectivity index (χ2n) is 3.94. The molecular weight excluding hydrogens is 204 g/mol. The number of hydrogen-bond donors (Lipinski definition) is 2. The minimum atomic E-state index is -0.522. The largest absolute Gasteiger partial charge is 0.392 e. The second kappa shape index (κ2) is 5.63. The number of hydrogen-bond acceptors (Lipinski definition) is 3. The molecule has 4 nitrogen and oxygen atoms in total. The zero-order valence-electron chi connectivity index (χ0n) is 9.68. The molecule has 0 saturated carbocycles. The Hall–Kier alpha value is -1.39. The van der Waals surface area contributed by atoms with Gasteiger partial charge in [-0.2, -0.15) is 0 Å². The highest BCUT2D eigenvalue weighted by atomic mass is 16.3. The zero-order chi connectivity index (χ0) is 12.1. The monoisotopic (exact) mass is 222 g/mol. The molecule has 0 aromatic heterocycles. The number of amides is 1. The third-order valence-electron chi connectivity index (χ3n) is 2.29. The summed E-state index contributed by atoms with van der Waals surface area (Å²) in [6.07, 6.45) is -0.522. The number of aliphatic hydroxyl groups is 1. The van der Waals surface area contributed by atoms with E-state index in [1.807, 2.05) is 12.1 Å². The Kier molecular flexibility index (Phi) is 4.46. The summed E-state index contributed by atoms with van der Waals surface area (Å²) in [7, 11) is 1.67. The highest BCUT2D eigenvalue weighted by molar-refractivity contribution is 5.94. The normalized spacial score (nSPS) is 12.2. The van der Waals surface area contributed by atoms with E-state index >= 15 is 0 Å². The number of carbonyl (C=O) groups is 1. The van der Waals surface area contributed by atoms with Crippen LogP contribution in [0.4, 0.5) is 0 Å². The molecule has 0 fully saturated rings. The summed E-state index contributed by atoms with van der Waals surface area (Å²) in [4.78, 5) is 13.4. The van der Waals surface area contributed by atoms with Crippen molar-refractivity contribution in [1.82, 2.24) is 4.90 Å². The molecule has 0 radical (unpaired) electrons. The van der Waals surface area contributed by atoms with Crippen LogP contribution in [-0.4, -0.2) is 35.6 Å². The summed E-state index contributed by atoms with van der Waals surface area (Å²) in [5, 5.41) is 9.21. The molecule has 1 aromatic carbocycles. The van der Waals surface area contributed by atoms with E-state index in [0.29, 0.717) is 18.7 Å². The number of likely N-dealkylation sites (N-methyl/N-ethyl adjacent to an activating group) is 1. The van der Waals surface area contributed by atoms with E-state index in [2.05, 4.69) is 0 Å². The van der Waals surface area contributed by atoms with Crippen LogP contribution in [0, 0.1) is 0 Å². The van der Waals surface area contributed by atoms with E-state index in [9.17, 15) is 9.90 Å². The van der Waals surface area contributed by atoms with E-state index in [1.165, 1.54) is 4.90 Å². The quantitative estimate of drug-likeness (QED) is 0.784. The van der Waals surface area contributed by atoms with Gasteiger partial charge < -0.3 is 15.7 Å². The molecule has 3 N–H and O–H groups in total. The summed E-state index contributed by atoms with van der Waals surface area (Å²) in [5.74, 6) is -0.101. The van der Waals surface area contributed by atoms with Crippen LogP contribution in [0.2, 0.25) is 0 Å². The molecule has 1 unspecified atom stereocenters. The third kappa shape index (κ3) is 3.32. The van der Waals surface area contributed by atoms with Crippen LogP contribution in [-0.2, 0) is 6.54 Å². The standard InChI is InChI=1S/C12H18N2O2/c1-9(15)8-14(2)12(16)11-5-3-4-10(6-11)7-13/h3-6,9,15H,7-8,13H2,1-2H3. The smallest absolute Gasteiger partial charge is 0.253 e. The Morgan fingerprint density at radius 2 is 2.25 bits per heavy atom. The molecule has 1 atom stereocenters. The van der Waals surface area contributed by atoms with E-state index in [-0.39, 0.29) is 5.91 Å². The molecule has 0 aliphatic rings. The number of rotatable bonds is 4. The molecule has 1 aromatic rings. The van der Waals surface area contributed by atoms with Gasteiger partial charge in [-0.3, -0.25) is 4.79 Å². The van der Waals surface area contributed by atoms with Crippen LogP contribution in [0.15, 0.2) is 24.3 Å². The molecule has 0 bridgehead atoms. The molecule has 0 heterocycles. The maximum absolute atomic E-state index is 11.9. The van der Waals surface area contributed by atoms with E-state index < -0.39 is 6.10 Å². The third-order valence-corrected chi connectivity index (χ3v) is 2.29. The Bertz CT molecular complexity index is 364. The number of benzene rings is 1. The molecule has 4 heteroatoms. The first-order valence-electron chi connectivity index (χ1n) is 5.27. The lowest BCUT2D eigenvalue weighted by Crippen LogP contribution is -2.33. The Labute approximate surface area is 95.7 Å². The van der Waals surface area contributed by atoms with Gasteiger partial charge in [0.1, 0.15) is 0 Å². The van der Waals surface area contributed by atoms with Crippen molar-refractivity contribution >= 4 is 5.91 Å². The molecule has 1 rings (SSSR count). The maximum atomic E-state index is 11.9. The van der Waals surface area contributed by atoms with Crippen molar-refractivity contribution in [2.45, 2.75) is 19.6 Å². The fraction of sp³-hybridized carbons (Fsp3) is 0.417. The first-order valence-corrected chi connectivity index (χ1v) is 5.27. The predicted octanol–water partition coefficient (Wildman–Crippen LogP) is 0.598. The first-order chi connectivity index (χ1) is 7.54. The van der Waals surface area contributed by atoms with Crippen molar-refractivity contribution in [1.29, 1.82) is 0 Å². The van der Waals surface area contributed by atoms with Gasteiger partial charge in [0.2, 0.25) is 0 Å². The van der Waals surface area contributed by atoms with Gasteiger partial charge in [0.05, 0.1) is 6.10 Å². The average Bonchev–Trinajstić information content (AvgIpc) is 2.27. The van der Waals surface area contributed by atoms with Gasteiger partial charge in [-0.05, 0) is 24.6 Å². The van der Waals surface area contributed by atoms with Crippen molar-refractivity contribution in [3.63, 3.8) is 0 Å². The second-order valence-corrected chi connectivity index (χ2v) is 3.94. The van der Waals surface area contributed by atoms with Crippen LogP contribution < -0.4 is 5.73 Å². The van der Waals surface area contributed by atoms with Crippen molar-refractivity contribution < 1.29 is 9.90 Å². The highest BCUT2D eigenvalue weighted by Crippen LogP contribution is 2.07. The summed E-state index contributed by atoms with van der Waals surface area (Å²) >= 11 is 0. The van der Waals surface area contributed by atoms with Gasteiger partial charge >= 0.3 is 0 Å². The van der Waals surface area contributed by atoms with Crippen molar-refractivity contribution in [2.75, 3.05) is 13.6 Å². The van der Waals surface area contributed by atoms with E-state index in [0.717, 1.165) is 5.56 Å². The Balaban J connectivity index is 2.79. The number of nitrogens with two attached hydrogens (primary N) is 1. The van der Waals surface area contributed by atoms with Crippen LogP contribution >= 0.6 is 0 Å². The summed E-state index contributed by atoms with van der Waals surface area (Å²) in [6.45, 7) is 2.40. The van der Waals surface area contributed by atoms with Crippen molar-refractivity contribution in [3.8, 4) is 0 Å². The fourth-order valence-electron chi connectivity index (χ4n) is 1.53. The van der Waals surface area contributed by atoms with Gasteiger partial charge in [-0.25, -0.2) is 0 Å². The van der Waals surface area contributed by atoms with Crippen LogP contribution in [0.1, 0.15) is 22.8 Å². The lowest BCUT2D eigenvalue weighted by molar-refractivity contribution is 0.0703. The maximum Gasteiger partial charge on any atom is 0.253 e. The fourth-order valence-corrected chi connectivity index (χ4v) is 1.53. The molecule has 0 spiro atoms. The van der Waals surface area contributed by atoms with Crippen LogP contribution in [0.3, 0.4) is 0 Å². The molecule has 16 heavy (non-hydrogen) atoms. The Morgan fingerprint density at radius 1 is 1.56 bits per heavy atom. The van der Waals surface area contributed by atoms with E-state index in [4.69, 9.17) is 5.73 Å². The van der Waals surface area contributed by atoms with Gasteiger partial charge in [0.15, 0.2) is 0 Å². The molecule has 0 saturated heterocycles. The number of carbonyl (C=O) groups excluding carboxylic acids is 1. The molecule has 88 valence electrons. The Morgan fingerprint density at radius 3 is 2.81 bits per heavy atom. The number of aliphatic hydroxyl groups excluding tert-OH is 1. The van der Waals surface area contributed by atoms with Crippen LogP contribution in [0.25, 0.3) is 0 Å². The van der Waals surface area contributed by atoms with Gasteiger partial charge in [0.25, 0.3) is 5.91 Å². The SMILES string of the molecule is CC(O)CN(C)C(=O)c1cccc(CN)c1.